The van der Waals surface area contributed by atoms with Crippen LogP contribution in [0.2, 0.25) is 0 Å². The van der Waals surface area contributed by atoms with Crippen molar-refractivity contribution in [2.75, 3.05) is 16.8 Å². The molecule has 9 heteroatoms. The molecule has 0 saturated heterocycles. The number of carbonyl (C=O) groups excluding carboxylic acids is 3. The second-order valence-electron chi connectivity index (χ2n) is 8.64. The molecule has 0 fully saturated rings. The number of benzene rings is 2. The number of nitrogens with zero attached hydrogens (tertiary/aromatic N) is 1. The van der Waals surface area contributed by atoms with Crippen molar-refractivity contribution < 1.29 is 22.8 Å². The maximum Gasteiger partial charge on any atom is 0.242 e. The van der Waals surface area contributed by atoms with Gasteiger partial charge in [-0.2, -0.15) is 4.72 Å². The van der Waals surface area contributed by atoms with Crippen molar-refractivity contribution in [3.05, 3.63) is 53.6 Å². The van der Waals surface area contributed by atoms with Gasteiger partial charge in [-0.1, -0.05) is 13.8 Å². The minimum absolute atomic E-state index is 0.0546. The number of fused-ring (bicyclic) bond motifs is 1. The average molecular weight is 472 g/mol. The normalized spacial score (nSPS) is 14.2. The highest BCUT2D eigenvalue weighted by molar-refractivity contribution is 7.89. The van der Waals surface area contributed by atoms with Crippen LogP contribution in [0, 0.1) is 5.92 Å². The Kier molecular flexibility index (Phi) is 7.34. The second-order valence-corrected chi connectivity index (χ2v) is 10.4. The first-order chi connectivity index (χ1) is 15.5. The van der Waals surface area contributed by atoms with Crippen molar-refractivity contribution in [3.63, 3.8) is 0 Å². The summed E-state index contributed by atoms with van der Waals surface area (Å²) in [6, 6.07) is 10.1. The SMILES string of the molecule is CC(=O)c1ccc(NC(=O)[C@H](CC(C)C)NS(=O)(=O)c2ccc3c(c2)CCN3C(C)=O)cc1. The molecular weight excluding hydrogens is 442 g/mol. The van der Waals surface area contributed by atoms with E-state index in [0.29, 0.717) is 36.3 Å². The first kappa shape index (κ1) is 24.6. The molecule has 0 bridgehead atoms. The summed E-state index contributed by atoms with van der Waals surface area (Å²) in [7, 11) is -3.98. The molecule has 0 saturated carbocycles. The first-order valence-corrected chi connectivity index (χ1v) is 12.3. The molecule has 2 aromatic carbocycles. The van der Waals surface area contributed by atoms with E-state index >= 15 is 0 Å². The van der Waals surface area contributed by atoms with Crippen LogP contribution in [-0.2, 0) is 26.0 Å². The fourth-order valence-corrected chi connectivity index (χ4v) is 5.08. The highest BCUT2D eigenvalue weighted by Crippen LogP contribution is 2.30. The smallest absolute Gasteiger partial charge is 0.242 e. The van der Waals surface area contributed by atoms with Gasteiger partial charge in [-0.15, -0.1) is 0 Å². The Morgan fingerprint density at radius 1 is 1.03 bits per heavy atom. The van der Waals surface area contributed by atoms with E-state index in [4.69, 9.17) is 0 Å². The van der Waals surface area contributed by atoms with Gasteiger partial charge in [-0.05, 0) is 73.7 Å². The summed E-state index contributed by atoms with van der Waals surface area (Å²) in [4.78, 5) is 37.8. The number of hydrogen-bond acceptors (Lipinski definition) is 5. The fraction of sp³-hybridized carbons (Fsp3) is 0.375. The summed E-state index contributed by atoms with van der Waals surface area (Å²) >= 11 is 0. The quantitative estimate of drug-likeness (QED) is 0.575. The van der Waals surface area contributed by atoms with Crippen molar-refractivity contribution in [1.82, 2.24) is 4.72 Å². The van der Waals surface area contributed by atoms with Crippen LogP contribution in [0.5, 0.6) is 0 Å². The summed E-state index contributed by atoms with van der Waals surface area (Å²) in [5, 5.41) is 2.73. The van der Waals surface area contributed by atoms with Gasteiger partial charge in [-0.25, -0.2) is 8.42 Å². The first-order valence-electron chi connectivity index (χ1n) is 10.8. The van der Waals surface area contributed by atoms with Gasteiger partial charge >= 0.3 is 0 Å². The van der Waals surface area contributed by atoms with Gasteiger partial charge in [0.05, 0.1) is 4.90 Å². The van der Waals surface area contributed by atoms with Crippen molar-refractivity contribution in [2.24, 2.45) is 5.92 Å². The van der Waals surface area contributed by atoms with Gasteiger partial charge < -0.3 is 10.2 Å². The number of hydrogen-bond donors (Lipinski definition) is 2. The van der Waals surface area contributed by atoms with Crippen molar-refractivity contribution in [2.45, 2.75) is 51.5 Å². The maximum atomic E-state index is 13.1. The lowest BCUT2D eigenvalue weighted by atomic mass is 10.0. The number of ketones is 1. The lowest BCUT2D eigenvalue weighted by Crippen LogP contribution is -2.44. The highest BCUT2D eigenvalue weighted by atomic mass is 32.2. The Balaban J connectivity index is 1.79. The summed E-state index contributed by atoms with van der Waals surface area (Å²) in [6.07, 6.45) is 0.879. The third kappa shape index (κ3) is 5.85. The largest absolute Gasteiger partial charge is 0.325 e. The molecule has 1 heterocycles. The van der Waals surface area contributed by atoms with E-state index in [1.807, 2.05) is 13.8 Å². The lowest BCUT2D eigenvalue weighted by molar-refractivity contribution is -0.118. The predicted molar refractivity (Wildman–Crippen MR) is 127 cm³/mol. The maximum absolute atomic E-state index is 13.1. The van der Waals surface area contributed by atoms with Gasteiger partial charge in [0.1, 0.15) is 6.04 Å². The molecule has 1 atom stereocenters. The fourth-order valence-electron chi connectivity index (χ4n) is 3.83. The van der Waals surface area contributed by atoms with Crippen LogP contribution in [0.3, 0.4) is 0 Å². The summed E-state index contributed by atoms with van der Waals surface area (Å²) < 4.78 is 28.8. The lowest BCUT2D eigenvalue weighted by Gasteiger charge is -2.21. The van der Waals surface area contributed by atoms with Crippen LogP contribution in [0.1, 0.15) is 50.0 Å². The zero-order valence-electron chi connectivity index (χ0n) is 19.2. The Labute approximate surface area is 194 Å². The highest BCUT2D eigenvalue weighted by Gasteiger charge is 2.29. The molecule has 0 spiro atoms. The molecule has 2 amide bonds. The zero-order valence-corrected chi connectivity index (χ0v) is 20.0. The molecular formula is C24H29N3O5S. The standard InChI is InChI=1S/C24H29N3O5S/c1-15(2)13-22(24(30)25-20-7-5-18(6-8-20)16(3)28)26-33(31,32)21-9-10-23-19(14-21)11-12-27(23)17(4)29/h5-10,14-15,22,26H,11-13H2,1-4H3,(H,25,30)/t22-/m0/s1. The molecule has 8 nitrogen and oxygen atoms in total. The molecule has 0 radical (unpaired) electrons. The number of amides is 2. The van der Waals surface area contributed by atoms with E-state index in [2.05, 4.69) is 10.0 Å². The summed E-state index contributed by atoms with van der Waals surface area (Å²) in [5.41, 5.74) is 2.49. The third-order valence-corrected chi connectivity index (χ3v) is 6.99. The van der Waals surface area contributed by atoms with Crippen LogP contribution in [0.15, 0.2) is 47.4 Å². The molecule has 176 valence electrons. The Morgan fingerprint density at radius 2 is 1.70 bits per heavy atom. The van der Waals surface area contributed by atoms with Crippen LogP contribution >= 0.6 is 0 Å². The van der Waals surface area contributed by atoms with Gasteiger partial charge in [-0.3, -0.25) is 14.4 Å². The molecule has 33 heavy (non-hydrogen) atoms. The van der Waals surface area contributed by atoms with Gasteiger partial charge in [0, 0.05) is 30.4 Å². The number of carbonyl (C=O) groups is 3. The molecule has 0 aromatic heterocycles. The van der Waals surface area contributed by atoms with E-state index < -0.39 is 22.0 Å². The summed E-state index contributed by atoms with van der Waals surface area (Å²) in [5.74, 6) is -0.592. The number of nitrogens with one attached hydrogen (secondary N) is 2. The third-order valence-electron chi connectivity index (χ3n) is 5.52. The predicted octanol–water partition coefficient (Wildman–Crippen LogP) is 3.13. The Hall–Kier alpha value is -3.04. The minimum Gasteiger partial charge on any atom is -0.325 e. The molecule has 2 N–H and O–H groups in total. The van der Waals surface area contributed by atoms with E-state index in [0.717, 1.165) is 5.56 Å². The van der Waals surface area contributed by atoms with Gasteiger partial charge in [0.2, 0.25) is 21.8 Å². The van der Waals surface area contributed by atoms with Crippen molar-refractivity contribution in [3.8, 4) is 0 Å². The number of anilines is 2. The second kappa shape index (κ2) is 9.84. The van der Waals surface area contributed by atoms with Gasteiger partial charge in [0.25, 0.3) is 0 Å². The molecule has 1 aliphatic rings. The topological polar surface area (TPSA) is 113 Å². The molecule has 2 aromatic rings. The Bertz CT molecular complexity index is 1170. The van der Waals surface area contributed by atoms with Crippen molar-refractivity contribution in [1.29, 1.82) is 0 Å². The number of rotatable bonds is 8. The zero-order chi connectivity index (χ0) is 24.3. The summed E-state index contributed by atoms with van der Waals surface area (Å²) in [6.45, 7) is 7.26. The number of sulfonamides is 1. The average Bonchev–Trinajstić information content (AvgIpc) is 3.17. The van der Waals surface area contributed by atoms with E-state index in [1.54, 1.807) is 41.3 Å². The molecule has 0 aliphatic carbocycles. The van der Waals surface area contributed by atoms with Crippen LogP contribution in [0.25, 0.3) is 0 Å². The molecule has 0 unspecified atom stereocenters. The van der Waals surface area contributed by atoms with Crippen LogP contribution < -0.4 is 14.9 Å². The monoisotopic (exact) mass is 471 g/mol. The van der Waals surface area contributed by atoms with Crippen molar-refractivity contribution >= 4 is 39.0 Å². The van der Waals surface area contributed by atoms with E-state index in [-0.39, 0.29) is 22.5 Å². The van der Waals surface area contributed by atoms with Crippen LogP contribution in [0.4, 0.5) is 11.4 Å². The number of Topliss-reactive ketones (excluding diaryl/α,β-unsaturated/α-hetero) is 1. The molecule has 3 rings (SSSR count). The minimum atomic E-state index is -3.98. The van der Waals surface area contributed by atoms with Crippen LogP contribution in [-0.4, -0.2) is 38.6 Å². The van der Waals surface area contributed by atoms with Gasteiger partial charge in [0.15, 0.2) is 5.78 Å². The molecule has 1 aliphatic heterocycles. The van der Waals surface area contributed by atoms with E-state index in [9.17, 15) is 22.8 Å². The van der Waals surface area contributed by atoms with E-state index in [1.165, 1.54) is 19.9 Å². The Morgan fingerprint density at radius 3 is 2.27 bits per heavy atom.